The van der Waals surface area contributed by atoms with Crippen molar-refractivity contribution >= 4 is 17.7 Å². The highest BCUT2D eigenvalue weighted by Crippen LogP contribution is 2.51. The number of hydrogen-bond donors (Lipinski definition) is 1. The van der Waals surface area contributed by atoms with Crippen molar-refractivity contribution in [2.75, 3.05) is 19.8 Å². The summed E-state index contributed by atoms with van der Waals surface area (Å²) >= 11 is 0. The lowest BCUT2D eigenvalue weighted by atomic mass is 9.68. The molecule has 7 nitrogen and oxygen atoms in total. The number of terminal acetylenes is 1. The van der Waals surface area contributed by atoms with Crippen LogP contribution in [0.15, 0.2) is 11.1 Å². The van der Waals surface area contributed by atoms with Gasteiger partial charge >= 0.3 is 11.9 Å². The van der Waals surface area contributed by atoms with Crippen LogP contribution in [0.4, 0.5) is 0 Å². The molecule has 37 heavy (non-hydrogen) atoms. The van der Waals surface area contributed by atoms with E-state index < -0.39 is 17.5 Å². The topological polar surface area (TPSA) is 99.1 Å². The first kappa shape index (κ1) is 31.1. The van der Waals surface area contributed by atoms with Crippen LogP contribution in [-0.4, -0.2) is 48.4 Å². The summed E-state index contributed by atoms with van der Waals surface area (Å²) in [6.07, 6.45) is 20.6. The van der Waals surface area contributed by atoms with Gasteiger partial charge in [-0.2, -0.15) is 0 Å². The molecule has 0 radical (unpaired) electrons. The van der Waals surface area contributed by atoms with E-state index in [0.29, 0.717) is 6.61 Å². The van der Waals surface area contributed by atoms with Crippen molar-refractivity contribution in [2.45, 2.75) is 117 Å². The fraction of sp³-hybridized carbons (Fsp3) is 0.767. The van der Waals surface area contributed by atoms with E-state index in [1.54, 1.807) is 6.92 Å². The Morgan fingerprint density at radius 1 is 1.08 bits per heavy atom. The summed E-state index contributed by atoms with van der Waals surface area (Å²) in [5.74, 6) is 0.398. The highest BCUT2D eigenvalue weighted by Gasteiger charge is 2.51. The quantitative estimate of drug-likeness (QED) is 0.294. The average molecular weight is 519 g/mol. The van der Waals surface area contributed by atoms with Crippen molar-refractivity contribution < 1.29 is 33.7 Å². The van der Waals surface area contributed by atoms with Crippen molar-refractivity contribution in [3.8, 4) is 12.3 Å². The van der Waals surface area contributed by atoms with Gasteiger partial charge in [0.15, 0.2) is 0 Å². The van der Waals surface area contributed by atoms with E-state index in [9.17, 15) is 19.5 Å². The van der Waals surface area contributed by atoms with Gasteiger partial charge in [-0.3, -0.25) is 4.79 Å². The second kappa shape index (κ2) is 14.1. The number of ketones is 1. The Morgan fingerprint density at radius 2 is 1.68 bits per heavy atom. The standard InChI is InChI=1S/C14H20O3.C11H18O.C5H8O3/c1-10-11-8-14(6-4-3-5-7-14)9-16-13(11,2)17-12(10)15;1-2-3-7-11(10-12)8-5-4-6-9-11;1-3-8-5(7)4(2)6/h3-9H2,1-2H3;1,12H,3-10H2;3H2,1-2H3/t13-;;/m0../s1. The molecule has 0 aromatic heterocycles. The lowest BCUT2D eigenvalue weighted by Crippen LogP contribution is -2.45. The molecule has 208 valence electrons. The van der Waals surface area contributed by atoms with Crippen LogP contribution in [0.2, 0.25) is 0 Å². The van der Waals surface area contributed by atoms with Crippen LogP contribution < -0.4 is 0 Å². The molecule has 0 unspecified atom stereocenters. The Hall–Kier alpha value is -2.17. The Kier molecular flexibility index (Phi) is 11.8. The van der Waals surface area contributed by atoms with E-state index in [4.69, 9.17) is 15.9 Å². The number of fused-ring (bicyclic) bond motifs is 1. The molecule has 2 saturated carbocycles. The summed E-state index contributed by atoms with van der Waals surface area (Å²) in [6.45, 7) is 7.92. The molecule has 4 rings (SSSR count). The molecule has 1 saturated heterocycles. The highest BCUT2D eigenvalue weighted by molar-refractivity contribution is 6.32. The molecule has 0 aromatic carbocycles. The molecule has 1 atom stereocenters. The molecule has 2 heterocycles. The average Bonchev–Trinajstić information content (AvgIpc) is 3.12. The first-order valence-corrected chi connectivity index (χ1v) is 13.9. The Bertz CT molecular complexity index is 869. The SMILES string of the molecule is C#CCCC1(CO)CCCCC1.CC1=C2CC3(CCCCC3)CO[C@@]2(C)OC1=O.CCOC(=O)C(C)=O. The van der Waals surface area contributed by atoms with E-state index >= 15 is 0 Å². The van der Waals surface area contributed by atoms with Gasteiger partial charge in [0.1, 0.15) is 0 Å². The molecule has 4 aliphatic rings. The van der Waals surface area contributed by atoms with Gasteiger partial charge in [-0.1, -0.05) is 38.5 Å². The lowest BCUT2D eigenvalue weighted by molar-refractivity contribution is -0.221. The van der Waals surface area contributed by atoms with Crippen molar-refractivity contribution in [1.82, 2.24) is 0 Å². The van der Waals surface area contributed by atoms with Crippen LogP contribution >= 0.6 is 0 Å². The van der Waals surface area contributed by atoms with Crippen molar-refractivity contribution in [3.05, 3.63) is 11.1 Å². The van der Waals surface area contributed by atoms with Crippen molar-refractivity contribution in [2.24, 2.45) is 10.8 Å². The van der Waals surface area contributed by atoms with Crippen LogP contribution in [-0.2, 0) is 28.6 Å². The van der Waals surface area contributed by atoms with Crippen molar-refractivity contribution in [1.29, 1.82) is 0 Å². The fourth-order valence-corrected chi connectivity index (χ4v) is 5.89. The van der Waals surface area contributed by atoms with Gasteiger partial charge in [-0.15, -0.1) is 12.3 Å². The fourth-order valence-electron chi connectivity index (χ4n) is 5.89. The molecule has 0 aromatic rings. The predicted octanol–water partition coefficient (Wildman–Crippen LogP) is 5.43. The Morgan fingerprint density at radius 3 is 2.16 bits per heavy atom. The van der Waals surface area contributed by atoms with Crippen LogP contribution in [0, 0.1) is 23.2 Å². The summed E-state index contributed by atoms with van der Waals surface area (Å²) in [6, 6.07) is 0. The third-order valence-electron chi connectivity index (χ3n) is 8.33. The van der Waals surface area contributed by atoms with E-state index in [1.165, 1.54) is 71.1 Å². The first-order valence-electron chi connectivity index (χ1n) is 13.9. The van der Waals surface area contributed by atoms with Crippen LogP contribution in [0.25, 0.3) is 0 Å². The third-order valence-corrected chi connectivity index (χ3v) is 8.33. The Labute approximate surface area is 222 Å². The summed E-state index contributed by atoms with van der Waals surface area (Å²) in [5, 5.41) is 9.30. The molecule has 0 amide bonds. The number of aliphatic hydroxyl groups excluding tert-OH is 1. The number of carbonyl (C=O) groups excluding carboxylic acids is 3. The zero-order valence-corrected chi connectivity index (χ0v) is 23.3. The minimum atomic E-state index is -0.760. The summed E-state index contributed by atoms with van der Waals surface area (Å²) in [4.78, 5) is 31.9. The summed E-state index contributed by atoms with van der Waals surface area (Å²) in [7, 11) is 0. The summed E-state index contributed by atoms with van der Waals surface area (Å²) < 4.78 is 15.6. The minimum absolute atomic E-state index is 0.185. The maximum Gasteiger partial charge on any atom is 0.374 e. The molecule has 2 aliphatic carbocycles. The van der Waals surface area contributed by atoms with Gasteiger partial charge in [0.25, 0.3) is 0 Å². The van der Waals surface area contributed by atoms with Crippen LogP contribution in [0.5, 0.6) is 0 Å². The van der Waals surface area contributed by atoms with Gasteiger partial charge in [0, 0.05) is 38.0 Å². The number of ether oxygens (including phenoxy) is 3. The van der Waals surface area contributed by atoms with Gasteiger partial charge in [0.05, 0.1) is 13.2 Å². The number of aliphatic hydroxyl groups is 1. The van der Waals surface area contributed by atoms with Gasteiger partial charge < -0.3 is 19.3 Å². The van der Waals surface area contributed by atoms with E-state index in [2.05, 4.69) is 10.7 Å². The van der Waals surface area contributed by atoms with Gasteiger partial charge in [-0.25, -0.2) is 9.59 Å². The van der Waals surface area contributed by atoms with Gasteiger partial charge in [0.2, 0.25) is 11.6 Å². The number of hydrogen-bond acceptors (Lipinski definition) is 7. The van der Waals surface area contributed by atoms with E-state index in [1.807, 2.05) is 13.8 Å². The lowest BCUT2D eigenvalue weighted by Gasteiger charge is -2.45. The predicted molar refractivity (Wildman–Crippen MR) is 141 cm³/mol. The second-order valence-corrected chi connectivity index (χ2v) is 11.2. The number of Topliss-reactive ketones (excluding diaryl/α,β-unsaturated/α-hetero) is 1. The normalized spacial score (nSPS) is 25.4. The van der Waals surface area contributed by atoms with Crippen LogP contribution in [0.1, 0.15) is 111 Å². The maximum atomic E-state index is 11.7. The number of rotatable bonds is 5. The number of carbonyl (C=O) groups is 3. The molecule has 1 spiro atoms. The zero-order chi connectivity index (χ0) is 27.5. The zero-order valence-electron chi connectivity index (χ0n) is 23.3. The molecule has 3 fully saturated rings. The molecular formula is C30H46O7. The molecule has 2 aliphatic heterocycles. The third kappa shape index (κ3) is 8.41. The minimum Gasteiger partial charge on any atom is -0.460 e. The van der Waals surface area contributed by atoms with Crippen LogP contribution in [0.3, 0.4) is 0 Å². The Balaban J connectivity index is 0.000000212. The molecular weight excluding hydrogens is 472 g/mol. The largest absolute Gasteiger partial charge is 0.460 e. The molecule has 1 N–H and O–H groups in total. The smallest absolute Gasteiger partial charge is 0.374 e. The summed E-state index contributed by atoms with van der Waals surface area (Å²) in [5.41, 5.74) is 2.33. The van der Waals surface area contributed by atoms with Gasteiger partial charge in [-0.05, 0) is 63.2 Å². The van der Waals surface area contributed by atoms with E-state index in [0.717, 1.165) is 37.0 Å². The number of esters is 2. The maximum absolute atomic E-state index is 11.7. The van der Waals surface area contributed by atoms with E-state index in [-0.39, 0.29) is 23.4 Å². The van der Waals surface area contributed by atoms with Crippen molar-refractivity contribution in [3.63, 3.8) is 0 Å². The highest BCUT2D eigenvalue weighted by atomic mass is 16.7. The molecule has 0 bridgehead atoms. The first-order chi connectivity index (χ1) is 17.6. The molecule has 7 heteroatoms. The monoisotopic (exact) mass is 518 g/mol. The second-order valence-electron chi connectivity index (χ2n) is 11.2.